The predicted octanol–water partition coefficient (Wildman–Crippen LogP) is 3.44. The highest BCUT2D eigenvalue weighted by Gasteiger charge is 2.23. The number of piperidine rings is 1. The van der Waals surface area contributed by atoms with Gasteiger partial charge in [-0.1, -0.05) is 5.16 Å². The van der Waals surface area contributed by atoms with Crippen molar-refractivity contribution in [1.82, 2.24) is 15.1 Å². The highest BCUT2D eigenvalue weighted by Crippen LogP contribution is 2.36. The number of aromatic nitrogens is 3. The van der Waals surface area contributed by atoms with Gasteiger partial charge in [0.05, 0.1) is 27.9 Å². The molecule has 1 saturated heterocycles. The third-order valence-electron chi connectivity index (χ3n) is 4.43. The number of hydrogen-bond donors (Lipinski definition) is 1. The van der Waals surface area contributed by atoms with E-state index in [4.69, 9.17) is 9.51 Å². The van der Waals surface area contributed by atoms with Gasteiger partial charge in [0, 0.05) is 25.4 Å². The first kappa shape index (κ1) is 16.2. The molecule has 0 radical (unpaired) electrons. The molecule has 1 aliphatic rings. The molecule has 0 amide bonds. The summed E-state index contributed by atoms with van der Waals surface area (Å²) in [5.74, 6) is 1.33. The van der Waals surface area contributed by atoms with Crippen LogP contribution in [0.25, 0.3) is 21.9 Å². The molecule has 0 aromatic carbocycles. The number of aliphatic hydroxyl groups excluding tert-OH is 1. The Hall–Kier alpha value is -2.25. The summed E-state index contributed by atoms with van der Waals surface area (Å²) in [4.78, 5) is 12.5. The lowest BCUT2D eigenvalue weighted by Crippen LogP contribution is -2.39. The maximum absolute atomic E-state index is 9.96. The fourth-order valence-electron chi connectivity index (χ4n) is 3.12. The van der Waals surface area contributed by atoms with Crippen LogP contribution in [0.15, 0.2) is 28.2 Å². The fraction of sp³-hybridized carbons (Fsp3) is 0.389. The molecule has 0 saturated carbocycles. The van der Waals surface area contributed by atoms with Gasteiger partial charge in [-0.15, -0.1) is 11.3 Å². The van der Waals surface area contributed by atoms with E-state index in [0.29, 0.717) is 18.3 Å². The number of thiophene rings is 1. The Balaban J connectivity index is 1.81. The largest absolute Gasteiger partial charge is 0.391 e. The lowest BCUT2D eigenvalue weighted by molar-refractivity contribution is 0.153. The maximum atomic E-state index is 9.96. The van der Waals surface area contributed by atoms with E-state index in [1.807, 2.05) is 13.0 Å². The first-order valence-electron chi connectivity index (χ1n) is 8.40. The number of aryl methyl sites for hydroxylation is 2. The van der Waals surface area contributed by atoms with Crippen LogP contribution in [0.1, 0.15) is 24.1 Å². The van der Waals surface area contributed by atoms with E-state index in [2.05, 4.69) is 33.4 Å². The van der Waals surface area contributed by atoms with Gasteiger partial charge in [0.1, 0.15) is 0 Å². The number of β-amino-alcohol motifs (C(OH)–C–C–N with tert-alkyl or cyclic N) is 1. The standard InChI is InChI=1S/C18H20N4O2S/c1-11-5-7-25-17(11)16-14(15-8-12(2)21-24-15)9-19-18(20-16)22-6-3-4-13(23)10-22/h5,7-9,13,23H,3-4,6,10H2,1-2H3. The Kier molecular flexibility index (Phi) is 4.27. The summed E-state index contributed by atoms with van der Waals surface area (Å²) in [6.45, 7) is 5.41. The lowest BCUT2D eigenvalue weighted by Gasteiger charge is -2.30. The molecule has 25 heavy (non-hydrogen) atoms. The quantitative estimate of drug-likeness (QED) is 0.775. The second kappa shape index (κ2) is 6.57. The Morgan fingerprint density at radius 1 is 1.36 bits per heavy atom. The fourth-order valence-corrected chi connectivity index (χ4v) is 4.05. The van der Waals surface area contributed by atoms with Crippen LogP contribution in [-0.2, 0) is 0 Å². The van der Waals surface area contributed by atoms with E-state index in [0.717, 1.165) is 41.2 Å². The van der Waals surface area contributed by atoms with Crippen molar-refractivity contribution < 1.29 is 9.63 Å². The molecule has 0 aliphatic carbocycles. The van der Waals surface area contributed by atoms with Crippen LogP contribution in [0.5, 0.6) is 0 Å². The van der Waals surface area contributed by atoms with Crippen molar-refractivity contribution >= 4 is 17.3 Å². The maximum Gasteiger partial charge on any atom is 0.226 e. The first-order chi connectivity index (χ1) is 12.1. The molecule has 130 valence electrons. The zero-order valence-corrected chi connectivity index (χ0v) is 15.1. The molecule has 3 aromatic rings. The molecule has 1 N–H and O–H groups in total. The van der Waals surface area contributed by atoms with Gasteiger partial charge in [-0.3, -0.25) is 0 Å². The number of anilines is 1. The summed E-state index contributed by atoms with van der Waals surface area (Å²) in [7, 11) is 0. The summed E-state index contributed by atoms with van der Waals surface area (Å²) in [6.07, 6.45) is 3.27. The number of hydrogen-bond acceptors (Lipinski definition) is 7. The van der Waals surface area contributed by atoms with Crippen LogP contribution >= 0.6 is 11.3 Å². The Morgan fingerprint density at radius 2 is 2.24 bits per heavy atom. The molecule has 1 fully saturated rings. The van der Waals surface area contributed by atoms with Gasteiger partial charge >= 0.3 is 0 Å². The van der Waals surface area contributed by atoms with E-state index >= 15 is 0 Å². The average molecular weight is 356 g/mol. The highest BCUT2D eigenvalue weighted by atomic mass is 32.1. The third kappa shape index (κ3) is 3.17. The molecule has 7 heteroatoms. The van der Waals surface area contributed by atoms with E-state index < -0.39 is 0 Å². The molecule has 0 bridgehead atoms. The summed E-state index contributed by atoms with van der Waals surface area (Å²) >= 11 is 1.65. The summed E-state index contributed by atoms with van der Waals surface area (Å²) < 4.78 is 5.45. The van der Waals surface area contributed by atoms with E-state index in [-0.39, 0.29) is 6.10 Å². The number of aliphatic hydroxyl groups is 1. The minimum atomic E-state index is -0.319. The van der Waals surface area contributed by atoms with Crippen molar-refractivity contribution in [2.24, 2.45) is 0 Å². The smallest absolute Gasteiger partial charge is 0.226 e. The third-order valence-corrected chi connectivity index (χ3v) is 5.45. The lowest BCUT2D eigenvalue weighted by atomic mass is 10.1. The minimum absolute atomic E-state index is 0.319. The molecular formula is C18H20N4O2S. The van der Waals surface area contributed by atoms with Crippen molar-refractivity contribution in [3.05, 3.63) is 35.0 Å². The van der Waals surface area contributed by atoms with Crippen molar-refractivity contribution in [2.75, 3.05) is 18.0 Å². The van der Waals surface area contributed by atoms with Gasteiger partial charge in [-0.05, 0) is 43.7 Å². The van der Waals surface area contributed by atoms with Crippen molar-refractivity contribution in [2.45, 2.75) is 32.8 Å². The van der Waals surface area contributed by atoms with Crippen molar-refractivity contribution in [1.29, 1.82) is 0 Å². The van der Waals surface area contributed by atoms with E-state index in [1.165, 1.54) is 5.56 Å². The van der Waals surface area contributed by atoms with Crippen LogP contribution in [-0.4, -0.2) is 39.4 Å². The molecule has 3 aromatic heterocycles. The Labute approximate surface area is 150 Å². The number of nitrogens with zero attached hydrogens (tertiary/aromatic N) is 4. The molecule has 0 spiro atoms. The van der Waals surface area contributed by atoms with Crippen molar-refractivity contribution in [3.63, 3.8) is 0 Å². The van der Waals surface area contributed by atoms with Crippen LogP contribution in [0.3, 0.4) is 0 Å². The van der Waals surface area contributed by atoms with Crippen LogP contribution in [0, 0.1) is 13.8 Å². The second-order valence-electron chi connectivity index (χ2n) is 6.44. The van der Waals surface area contributed by atoms with Crippen LogP contribution in [0.2, 0.25) is 0 Å². The molecule has 1 unspecified atom stereocenters. The van der Waals surface area contributed by atoms with Crippen LogP contribution < -0.4 is 4.90 Å². The Morgan fingerprint density at radius 3 is 2.92 bits per heavy atom. The average Bonchev–Trinajstić information content (AvgIpc) is 3.22. The minimum Gasteiger partial charge on any atom is -0.391 e. The second-order valence-corrected chi connectivity index (χ2v) is 7.36. The van der Waals surface area contributed by atoms with Gasteiger partial charge < -0.3 is 14.5 Å². The summed E-state index contributed by atoms with van der Waals surface area (Å²) in [5.41, 5.74) is 3.69. The SMILES string of the molecule is Cc1cc(-c2cnc(N3CCCC(O)C3)nc2-c2sccc2C)on1. The van der Waals surface area contributed by atoms with Gasteiger partial charge in [-0.25, -0.2) is 9.97 Å². The predicted molar refractivity (Wildman–Crippen MR) is 97.8 cm³/mol. The number of rotatable bonds is 3. The van der Waals surface area contributed by atoms with E-state index in [1.54, 1.807) is 17.5 Å². The van der Waals surface area contributed by atoms with E-state index in [9.17, 15) is 5.11 Å². The van der Waals surface area contributed by atoms with Gasteiger partial charge in [0.15, 0.2) is 5.76 Å². The molecule has 4 rings (SSSR count). The molecule has 4 heterocycles. The Bertz CT molecular complexity index is 889. The first-order valence-corrected chi connectivity index (χ1v) is 9.28. The molecule has 1 aliphatic heterocycles. The van der Waals surface area contributed by atoms with Crippen LogP contribution in [0.4, 0.5) is 5.95 Å². The monoisotopic (exact) mass is 356 g/mol. The van der Waals surface area contributed by atoms with Gasteiger partial charge in [0.2, 0.25) is 5.95 Å². The zero-order chi connectivity index (χ0) is 17.4. The summed E-state index contributed by atoms with van der Waals surface area (Å²) in [5, 5.41) is 16.0. The molecule has 6 nitrogen and oxygen atoms in total. The normalized spacial score (nSPS) is 17.9. The summed E-state index contributed by atoms with van der Waals surface area (Å²) in [6, 6.07) is 3.98. The topological polar surface area (TPSA) is 75.3 Å². The van der Waals surface area contributed by atoms with Crippen molar-refractivity contribution in [3.8, 4) is 21.9 Å². The highest BCUT2D eigenvalue weighted by molar-refractivity contribution is 7.13. The van der Waals surface area contributed by atoms with Gasteiger partial charge in [0.25, 0.3) is 0 Å². The molecular weight excluding hydrogens is 336 g/mol. The zero-order valence-electron chi connectivity index (χ0n) is 14.3. The van der Waals surface area contributed by atoms with Gasteiger partial charge in [-0.2, -0.15) is 0 Å². The molecule has 1 atom stereocenters.